The lowest BCUT2D eigenvalue weighted by atomic mass is 10.1. The Morgan fingerprint density at radius 1 is 1.05 bits per heavy atom. The van der Waals surface area contributed by atoms with Crippen LogP contribution in [0.3, 0.4) is 0 Å². The zero-order chi connectivity index (χ0) is 15.7. The van der Waals surface area contributed by atoms with Gasteiger partial charge in [-0.3, -0.25) is 0 Å². The molecule has 0 fully saturated rings. The van der Waals surface area contributed by atoms with Crippen LogP contribution in [0, 0.1) is 6.92 Å². The van der Waals surface area contributed by atoms with E-state index in [1.165, 1.54) is 16.8 Å². The van der Waals surface area contributed by atoms with Gasteiger partial charge in [0, 0.05) is 17.6 Å². The maximum atomic E-state index is 6.47. The van der Waals surface area contributed by atoms with Gasteiger partial charge in [0.1, 0.15) is 0 Å². The summed E-state index contributed by atoms with van der Waals surface area (Å²) in [6, 6.07) is 14.3. The number of nitrogens with two attached hydrogens (primary N) is 1. The van der Waals surface area contributed by atoms with Crippen LogP contribution in [-0.2, 0) is 13.0 Å². The lowest BCUT2D eigenvalue weighted by Gasteiger charge is -2.09. The highest BCUT2D eigenvalue weighted by Crippen LogP contribution is 2.36. The lowest BCUT2D eigenvalue weighted by Crippen LogP contribution is -2.06. The second kappa shape index (κ2) is 6.33. The minimum atomic E-state index is 0.587. The Bertz CT molecular complexity index is 807. The molecule has 0 spiro atoms. The third-order valence-electron chi connectivity index (χ3n) is 4.08. The summed E-state index contributed by atoms with van der Waals surface area (Å²) in [5.41, 5.74) is 10.6. The van der Waals surface area contributed by atoms with Gasteiger partial charge in [-0.1, -0.05) is 53.5 Å². The molecule has 0 saturated carbocycles. The maximum Gasteiger partial charge on any atom is 0.0689 e. The minimum absolute atomic E-state index is 0.587. The van der Waals surface area contributed by atoms with Gasteiger partial charge in [0.25, 0.3) is 0 Å². The van der Waals surface area contributed by atoms with Crippen molar-refractivity contribution < 1.29 is 0 Å². The fraction of sp³-hybridized carbons (Fsp3) is 0.222. The van der Waals surface area contributed by atoms with Gasteiger partial charge in [-0.25, -0.2) is 0 Å². The predicted molar refractivity (Wildman–Crippen MR) is 95.0 cm³/mol. The highest BCUT2D eigenvalue weighted by atomic mass is 35.5. The van der Waals surface area contributed by atoms with Crippen molar-refractivity contribution in [2.45, 2.75) is 19.9 Å². The second-order valence-electron chi connectivity index (χ2n) is 5.43. The topological polar surface area (TPSA) is 30.9 Å². The fourth-order valence-corrected chi connectivity index (χ4v) is 3.43. The number of nitrogens with zero attached hydrogens (tertiary/aromatic N) is 1. The van der Waals surface area contributed by atoms with Gasteiger partial charge >= 0.3 is 0 Å². The van der Waals surface area contributed by atoms with Crippen LogP contribution in [0.2, 0.25) is 10.0 Å². The van der Waals surface area contributed by atoms with E-state index in [9.17, 15) is 0 Å². The predicted octanol–water partition coefficient (Wildman–Crippen LogP) is 4.81. The van der Waals surface area contributed by atoms with Crippen molar-refractivity contribution >= 4 is 34.1 Å². The van der Waals surface area contributed by atoms with E-state index in [1.807, 2.05) is 18.2 Å². The summed E-state index contributed by atoms with van der Waals surface area (Å²) in [5.74, 6) is 0. The van der Waals surface area contributed by atoms with Gasteiger partial charge in [0.2, 0.25) is 0 Å². The van der Waals surface area contributed by atoms with Crippen molar-refractivity contribution in [3.05, 3.63) is 69.3 Å². The zero-order valence-electron chi connectivity index (χ0n) is 12.4. The molecule has 0 radical (unpaired) electrons. The van der Waals surface area contributed by atoms with Crippen LogP contribution >= 0.6 is 23.2 Å². The number of halogens is 2. The van der Waals surface area contributed by atoms with Crippen LogP contribution in [0.15, 0.2) is 42.5 Å². The Hall–Kier alpha value is -1.48. The SMILES string of the molecule is Cc1c(CCN)c2c(Cl)c(Cl)ccc2n1Cc1ccccc1. The van der Waals surface area contributed by atoms with Crippen LogP contribution in [0.25, 0.3) is 10.9 Å². The summed E-state index contributed by atoms with van der Waals surface area (Å²) >= 11 is 12.7. The van der Waals surface area contributed by atoms with Crippen molar-refractivity contribution in [3.63, 3.8) is 0 Å². The molecule has 0 bridgehead atoms. The molecule has 22 heavy (non-hydrogen) atoms. The second-order valence-corrected chi connectivity index (χ2v) is 6.22. The van der Waals surface area contributed by atoms with Crippen molar-refractivity contribution in [2.24, 2.45) is 5.73 Å². The number of aromatic nitrogens is 1. The smallest absolute Gasteiger partial charge is 0.0689 e. The van der Waals surface area contributed by atoms with Gasteiger partial charge in [0.15, 0.2) is 0 Å². The van der Waals surface area contributed by atoms with Gasteiger partial charge in [-0.2, -0.15) is 0 Å². The van der Waals surface area contributed by atoms with E-state index in [0.717, 1.165) is 23.9 Å². The summed E-state index contributed by atoms with van der Waals surface area (Å²) < 4.78 is 2.29. The summed E-state index contributed by atoms with van der Waals surface area (Å²) in [6.45, 7) is 3.53. The first-order chi connectivity index (χ1) is 10.6. The third-order valence-corrected chi connectivity index (χ3v) is 4.89. The molecule has 0 amide bonds. The molecule has 0 aliphatic heterocycles. The highest BCUT2D eigenvalue weighted by Gasteiger charge is 2.17. The van der Waals surface area contributed by atoms with Crippen LogP contribution in [-0.4, -0.2) is 11.1 Å². The molecule has 3 aromatic rings. The van der Waals surface area contributed by atoms with Crippen LogP contribution < -0.4 is 5.73 Å². The van der Waals surface area contributed by atoms with Gasteiger partial charge in [-0.15, -0.1) is 0 Å². The Balaban J connectivity index is 2.22. The fourth-order valence-electron chi connectivity index (χ4n) is 3.00. The molecule has 3 rings (SSSR count). The first-order valence-corrected chi connectivity index (χ1v) is 8.08. The molecule has 0 atom stereocenters. The Kier molecular flexibility index (Phi) is 4.44. The van der Waals surface area contributed by atoms with Gasteiger partial charge < -0.3 is 10.3 Å². The molecule has 1 heterocycles. The molecule has 1 aromatic heterocycles. The number of hydrogen-bond acceptors (Lipinski definition) is 1. The van der Waals surface area contributed by atoms with Crippen LogP contribution in [0.5, 0.6) is 0 Å². The van der Waals surface area contributed by atoms with E-state index in [0.29, 0.717) is 16.6 Å². The molecule has 2 nitrogen and oxygen atoms in total. The first-order valence-electron chi connectivity index (χ1n) is 7.33. The summed E-state index contributed by atoms with van der Waals surface area (Å²) in [4.78, 5) is 0. The molecular weight excluding hydrogens is 315 g/mol. The summed E-state index contributed by atoms with van der Waals surface area (Å²) in [6.07, 6.45) is 0.796. The largest absolute Gasteiger partial charge is 0.340 e. The Morgan fingerprint density at radius 3 is 2.45 bits per heavy atom. The number of hydrogen-bond donors (Lipinski definition) is 1. The molecule has 2 aromatic carbocycles. The standard InChI is InChI=1S/C18H18Cl2N2/c1-12-14(9-10-21)17-16(8-7-15(19)18(17)20)22(12)11-13-5-3-2-4-6-13/h2-8H,9-11,21H2,1H3. The Labute approximate surface area is 140 Å². The van der Waals surface area contributed by atoms with Gasteiger partial charge in [-0.05, 0) is 43.1 Å². The Morgan fingerprint density at radius 2 is 1.77 bits per heavy atom. The molecule has 0 aliphatic rings. The van der Waals surface area contributed by atoms with E-state index in [-0.39, 0.29) is 0 Å². The van der Waals surface area contributed by atoms with E-state index < -0.39 is 0 Å². The summed E-state index contributed by atoms with van der Waals surface area (Å²) in [7, 11) is 0. The van der Waals surface area contributed by atoms with E-state index >= 15 is 0 Å². The zero-order valence-corrected chi connectivity index (χ0v) is 14.0. The van der Waals surface area contributed by atoms with Crippen molar-refractivity contribution in [2.75, 3.05) is 6.54 Å². The molecule has 4 heteroatoms. The average molecular weight is 333 g/mol. The molecule has 0 saturated heterocycles. The maximum absolute atomic E-state index is 6.47. The number of rotatable bonds is 4. The van der Waals surface area contributed by atoms with Crippen LogP contribution in [0.1, 0.15) is 16.8 Å². The third kappa shape index (κ3) is 2.63. The molecular formula is C18H18Cl2N2. The highest BCUT2D eigenvalue weighted by molar-refractivity contribution is 6.45. The average Bonchev–Trinajstić information content (AvgIpc) is 2.78. The van der Waals surface area contributed by atoms with E-state index in [2.05, 4.69) is 35.8 Å². The first kappa shape index (κ1) is 15.4. The van der Waals surface area contributed by atoms with E-state index in [4.69, 9.17) is 28.9 Å². The molecule has 0 unspecified atom stereocenters. The lowest BCUT2D eigenvalue weighted by molar-refractivity contribution is 0.792. The molecule has 0 aliphatic carbocycles. The number of benzene rings is 2. The monoisotopic (exact) mass is 332 g/mol. The van der Waals surface area contributed by atoms with Crippen molar-refractivity contribution in [1.82, 2.24) is 4.57 Å². The van der Waals surface area contributed by atoms with Crippen LogP contribution in [0.4, 0.5) is 0 Å². The van der Waals surface area contributed by atoms with Crippen molar-refractivity contribution in [1.29, 1.82) is 0 Å². The minimum Gasteiger partial charge on any atom is -0.340 e. The molecule has 2 N–H and O–H groups in total. The summed E-state index contributed by atoms with van der Waals surface area (Å²) in [5, 5.41) is 2.25. The number of fused-ring (bicyclic) bond motifs is 1. The van der Waals surface area contributed by atoms with E-state index in [1.54, 1.807) is 0 Å². The van der Waals surface area contributed by atoms with Crippen molar-refractivity contribution in [3.8, 4) is 0 Å². The molecule has 114 valence electrons. The van der Waals surface area contributed by atoms with Gasteiger partial charge in [0.05, 0.1) is 15.6 Å². The normalized spacial score (nSPS) is 11.3. The quantitative estimate of drug-likeness (QED) is 0.730.